The summed E-state index contributed by atoms with van der Waals surface area (Å²) < 4.78 is 25.0. The number of benzene rings is 2. The zero-order chi connectivity index (χ0) is 19.2. The molecule has 0 radical (unpaired) electrons. The Kier molecular flexibility index (Phi) is 6.52. The second-order valence-corrected chi connectivity index (χ2v) is 7.88. The number of sulfone groups is 1. The molecule has 0 unspecified atom stereocenters. The average molecular weight is 375 g/mol. The van der Waals surface area contributed by atoms with Gasteiger partial charge in [0.1, 0.15) is 6.54 Å². The SMILES string of the molecule is CCCN(CC(=O)O)C(=O)c1ccc(S(=O)(=O)Cc2ccccc2)cc1. The number of hydrogen-bond donors (Lipinski definition) is 1. The number of carbonyl (C=O) groups excluding carboxylic acids is 1. The molecule has 0 bridgehead atoms. The monoisotopic (exact) mass is 375 g/mol. The molecule has 0 fully saturated rings. The lowest BCUT2D eigenvalue weighted by molar-refractivity contribution is -0.137. The molecule has 2 aromatic rings. The lowest BCUT2D eigenvalue weighted by Crippen LogP contribution is -2.36. The van der Waals surface area contributed by atoms with Gasteiger partial charge in [0.2, 0.25) is 0 Å². The van der Waals surface area contributed by atoms with Crippen molar-refractivity contribution in [1.82, 2.24) is 4.90 Å². The van der Waals surface area contributed by atoms with Gasteiger partial charge >= 0.3 is 5.97 Å². The number of carbonyl (C=O) groups is 2. The Hall–Kier alpha value is -2.67. The zero-order valence-corrected chi connectivity index (χ0v) is 15.3. The summed E-state index contributed by atoms with van der Waals surface area (Å²) >= 11 is 0. The number of carboxylic acids is 1. The van der Waals surface area contributed by atoms with Gasteiger partial charge in [0.25, 0.3) is 5.91 Å². The van der Waals surface area contributed by atoms with E-state index in [0.29, 0.717) is 18.5 Å². The summed E-state index contributed by atoms with van der Waals surface area (Å²) in [4.78, 5) is 24.7. The van der Waals surface area contributed by atoms with Crippen LogP contribution in [0.15, 0.2) is 59.5 Å². The third kappa shape index (κ3) is 5.16. The summed E-state index contributed by atoms with van der Waals surface area (Å²) in [6, 6.07) is 14.5. The molecule has 0 saturated heterocycles. The summed E-state index contributed by atoms with van der Waals surface area (Å²) in [5.74, 6) is -1.64. The van der Waals surface area contributed by atoms with E-state index in [-0.39, 0.29) is 22.8 Å². The minimum absolute atomic E-state index is 0.123. The van der Waals surface area contributed by atoms with Crippen molar-refractivity contribution in [2.24, 2.45) is 0 Å². The number of rotatable bonds is 8. The van der Waals surface area contributed by atoms with Crippen LogP contribution in [0.5, 0.6) is 0 Å². The Morgan fingerprint density at radius 2 is 1.62 bits per heavy atom. The Bertz CT molecular complexity index is 861. The van der Waals surface area contributed by atoms with Crippen molar-refractivity contribution in [3.05, 3.63) is 65.7 Å². The Morgan fingerprint density at radius 1 is 1.00 bits per heavy atom. The van der Waals surface area contributed by atoms with E-state index < -0.39 is 21.7 Å². The molecule has 2 rings (SSSR count). The number of nitrogens with zero attached hydrogens (tertiary/aromatic N) is 1. The molecular weight excluding hydrogens is 354 g/mol. The topological polar surface area (TPSA) is 91.8 Å². The fourth-order valence-corrected chi connectivity index (χ4v) is 3.90. The third-order valence-corrected chi connectivity index (χ3v) is 5.47. The van der Waals surface area contributed by atoms with E-state index in [1.807, 2.05) is 13.0 Å². The Balaban J connectivity index is 2.18. The van der Waals surface area contributed by atoms with E-state index in [1.165, 1.54) is 29.2 Å². The number of amides is 1. The second kappa shape index (κ2) is 8.62. The molecule has 7 heteroatoms. The summed E-state index contributed by atoms with van der Waals surface area (Å²) in [6.45, 7) is 1.78. The molecule has 138 valence electrons. The highest BCUT2D eigenvalue weighted by Gasteiger charge is 2.20. The second-order valence-electron chi connectivity index (χ2n) is 5.89. The molecule has 0 aliphatic carbocycles. The Labute approximate surface area is 153 Å². The lowest BCUT2D eigenvalue weighted by atomic mass is 10.2. The summed E-state index contributed by atoms with van der Waals surface area (Å²) in [6.07, 6.45) is 0.628. The van der Waals surface area contributed by atoms with Crippen molar-refractivity contribution in [1.29, 1.82) is 0 Å². The van der Waals surface area contributed by atoms with Crippen LogP contribution in [0.1, 0.15) is 29.3 Å². The molecule has 0 aliphatic heterocycles. The first kappa shape index (κ1) is 19.7. The van der Waals surface area contributed by atoms with Crippen LogP contribution in [0.4, 0.5) is 0 Å². The molecule has 0 aromatic heterocycles. The lowest BCUT2D eigenvalue weighted by Gasteiger charge is -2.20. The van der Waals surface area contributed by atoms with E-state index in [0.717, 1.165) is 0 Å². The molecule has 26 heavy (non-hydrogen) atoms. The minimum Gasteiger partial charge on any atom is -0.480 e. The van der Waals surface area contributed by atoms with Gasteiger partial charge in [-0.15, -0.1) is 0 Å². The van der Waals surface area contributed by atoms with Crippen LogP contribution in [0.2, 0.25) is 0 Å². The quantitative estimate of drug-likeness (QED) is 0.766. The normalized spacial score (nSPS) is 11.1. The molecule has 2 aromatic carbocycles. The first-order valence-corrected chi connectivity index (χ1v) is 9.86. The average Bonchev–Trinajstić information content (AvgIpc) is 2.61. The first-order chi connectivity index (χ1) is 12.3. The molecule has 0 saturated carbocycles. The van der Waals surface area contributed by atoms with Crippen LogP contribution in [-0.4, -0.2) is 43.4 Å². The van der Waals surface area contributed by atoms with E-state index in [9.17, 15) is 18.0 Å². The van der Waals surface area contributed by atoms with Crippen molar-refractivity contribution in [2.75, 3.05) is 13.1 Å². The van der Waals surface area contributed by atoms with Crippen molar-refractivity contribution < 1.29 is 23.1 Å². The van der Waals surface area contributed by atoms with Gasteiger partial charge in [-0.3, -0.25) is 9.59 Å². The molecule has 0 aliphatic rings. The van der Waals surface area contributed by atoms with Gasteiger partial charge in [0.15, 0.2) is 9.84 Å². The molecule has 1 amide bonds. The predicted octanol–water partition coefficient (Wildman–Crippen LogP) is 2.60. The molecule has 0 atom stereocenters. The van der Waals surface area contributed by atoms with Crippen molar-refractivity contribution in [2.45, 2.75) is 24.0 Å². The highest BCUT2D eigenvalue weighted by molar-refractivity contribution is 7.90. The fourth-order valence-electron chi connectivity index (χ4n) is 2.55. The van der Waals surface area contributed by atoms with Gasteiger partial charge in [-0.25, -0.2) is 8.42 Å². The summed E-state index contributed by atoms with van der Waals surface area (Å²) in [7, 11) is -3.52. The minimum atomic E-state index is -3.52. The van der Waals surface area contributed by atoms with Crippen LogP contribution in [0.25, 0.3) is 0 Å². The van der Waals surface area contributed by atoms with Gasteiger partial charge in [-0.1, -0.05) is 37.3 Å². The smallest absolute Gasteiger partial charge is 0.323 e. The van der Waals surface area contributed by atoms with Crippen LogP contribution in [0.3, 0.4) is 0 Å². The maximum Gasteiger partial charge on any atom is 0.323 e. The van der Waals surface area contributed by atoms with Gasteiger partial charge in [0.05, 0.1) is 10.6 Å². The maximum atomic E-state index is 12.5. The summed E-state index contributed by atoms with van der Waals surface area (Å²) in [5, 5.41) is 8.92. The highest BCUT2D eigenvalue weighted by atomic mass is 32.2. The molecule has 6 nitrogen and oxygen atoms in total. The van der Waals surface area contributed by atoms with Gasteiger partial charge in [-0.2, -0.15) is 0 Å². The van der Waals surface area contributed by atoms with E-state index in [2.05, 4.69) is 0 Å². The van der Waals surface area contributed by atoms with Gasteiger partial charge in [-0.05, 0) is 36.2 Å². The van der Waals surface area contributed by atoms with Crippen molar-refractivity contribution in [3.8, 4) is 0 Å². The highest BCUT2D eigenvalue weighted by Crippen LogP contribution is 2.18. The van der Waals surface area contributed by atoms with Crippen molar-refractivity contribution in [3.63, 3.8) is 0 Å². The van der Waals surface area contributed by atoms with Crippen LogP contribution in [-0.2, 0) is 20.4 Å². The van der Waals surface area contributed by atoms with E-state index in [1.54, 1.807) is 24.3 Å². The summed E-state index contributed by atoms with van der Waals surface area (Å²) in [5.41, 5.74) is 0.946. The molecule has 1 N–H and O–H groups in total. The number of hydrogen-bond acceptors (Lipinski definition) is 4. The maximum absolute atomic E-state index is 12.5. The molecule has 0 heterocycles. The van der Waals surface area contributed by atoms with E-state index >= 15 is 0 Å². The zero-order valence-electron chi connectivity index (χ0n) is 14.5. The van der Waals surface area contributed by atoms with Crippen LogP contribution >= 0.6 is 0 Å². The number of carboxylic acid groups (broad SMARTS) is 1. The largest absolute Gasteiger partial charge is 0.480 e. The van der Waals surface area contributed by atoms with Crippen LogP contribution in [0, 0.1) is 0 Å². The predicted molar refractivity (Wildman–Crippen MR) is 97.6 cm³/mol. The molecule has 0 spiro atoms. The third-order valence-electron chi connectivity index (χ3n) is 3.77. The van der Waals surface area contributed by atoms with Gasteiger partial charge < -0.3 is 10.0 Å². The molecular formula is C19H21NO5S. The van der Waals surface area contributed by atoms with Crippen LogP contribution < -0.4 is 0 Å². The van der Waals surface area contributed by atoms with E-state index in [4.69, 9.17) is 5.11 Å². The van der Waals surface area contributed by atoms with Crippen molar-refractivity contribution >= 4 is 21.7 Å². The standard InChI is InChI=1S/C19H21NO5S/c1-2-12-20(13-18(21)22)19(23)16-8-10-17(11-9-16)26(24,25)14-15-6-4-3-5-7-15/h3-11H,2,12-14H2,1H3,(H,21,22). The number of aliphatic carboxylic acids is 1. The fraction of sp³-hybridized carbons (Fsp3) is 0.263. The van der Waals surface area contributed by atoms with Gasteiger partial charge in [0, 0.05) is 12.1 Å². The Morgan fingerprint density at radius 3 is 2.15 bits per heavy atom. The first-order valence-electron chi connectivity index (χ1n) is 8.21.